The Morgan fingerprint density at radius 2 is 2.18 bits per heavy atom. The molecule has 1 N–H and O–H groups in total. The van der Waals surface area contributed by atoms with Gasteiger partial charge >= 0.3 is 0 Å². The standard InChI is InChI=1S/C14H23N3/c1-2-7-16-13(10-12-5-3-4-6-12)14-11-15-8-9-17-14/h8-9,11-13,16H,2-7,10H2,1H3. The first kappa shape index (κ1) is 12.5. The highest BCUT2D eigenvalue weighted by atomic mass is 14.9. The van der Waals surface area contributed by atoms with Crippen molar-refractivity contribution in [1.82, 2.24) is 15.3 Å². The molecule has 0 saturated heterocycles. The van der Waals surface area contributed by atoms with Gasteiger partial charge in [0.15, 0.2) is 0 Å². The summed E-state index contributed by atoms with van der Waals surface area (Å²) in [6.07, 6.45) is 13.4. The average Bonchev–Trinajstić information content (AvgIpc) is 2.88. The Morgan fingerprint density at radius 1 is 1.35 bits per heavy atom. The lowest BCUT2D eigenvalue weighted by atomic mass is 9.96. The third-order valence-electron chi connectivity index (χ3n) is 3.62. The first-order valence-corrected chi connectivity index (χ1v) is 6.89. The number of hydrogen-bond donors (Lipinski definition) is 1. The van der Waals surface area contributed by atoms with E-state index in [1.807, 2.05) is 6.20 Å². The molecule has 1 aromatic heterocycles. The van der Waals surface area contributed by atoms with Crippen molar-refractivity contribution in [3.05, 3.63) is 24.3 Å². The SMILES string of the molecule is CCCNC(CC1CCCC1)c1cnccn1. The average molecular weight is 233 g/mol. The van der Waals surface area contributed by atoms with Gasteiger partial charge in [0.1, 0.15) is 0 Å². The Labute approximate surface area is 104 Å². The predicted octanol–water partition coefficient (Wildman–Crippen LogP) is 3.10. The molecule has 3 nitrogen and oxygen atoms in total. The third-order valence-corrected chi connectivity index (χ3v) is 3.62. The lowest BCUT2D eigenvalue weighted by molar-refractivity contribution is 0.388. The minimum absolute atomic E-state index is 0.395. The molecule has 1 atom stereocenters. The first-order valence-electron chi connectivity index (χ1n) is 6.89. The van der Waals surface area contributed by atoms with Gasteiger partial charge in [-0.15, -0.1) is 0 Å². The molecule has 0 radical (unpaired) electrons. The molecule has 0 aliphatic heterocycles. The molecule has 0 aromatic carbocycles. The Morgan fingerprint density at radius 3 is 2.82 bits per heavy atom. The molecule has 0 spiro atoms. The van der Waals surface area contributed by atoms with E-state index in [1.54, 1.807) is 12.4 Å². The van der Waals surface area contributed by atoms with E-state index in [0.717, 1.165) is 18.2 Å². The smallest absolute Gasteiger partial charge is 0.0756 e. The van der Waals surface area contributed by atoms with Gasteiger partial charge in [0, 0.05) is 18.6 Å². The van der Waals surface area contributed by atoms with Crippen LogP contribution in [0.15, 0.2) is 18.6 Å². The fourth-order valence-electron chi connectivity index (χ4n) is 2.70. The van der Waals surface area contributed by atoms with E-state index in [1.165, 1.54) is 38.5 Å². The highest BCUT2D eigenvalue weighted by Crippen LogP contribution is 2.32. The maximum absolute atomic E-state index is 4.45. The maximum atomic E-state index is 4.45. The van der Waals surface area contributed by atoms with Crippen molar-refractivity contribution >= 4 is 0 Å². The van der Waals surface area contributed by atoms with Crippen LogP contribution in [0.5, 0.6) is 0 Å². The van der Waals surface area contributed by atoms with Crippen LogP contribution >= 0.6 is 0 Å². The van der Waals surface area contributed by atoms with Crippen LogP contribution < -0.4 is 5.32 Å². The second-order valence-electron chi connectivity index (χ2n) is 5.02. The molecule has 1 unspecified atom stereocenters. The quantitative estimate of drug-likeness (QED) is 0.820. The van der Waals surface area contributed by atoms with Crippen molar-refractivity contribution in [1.29, 1.82) is 0 Å². The third kappa shape index (κ3) is 3.77. The summed E-state index contributed by atoms with van der Waals surface area (Å²) in [6.45, 7) is 3.27. The molecule has 0 bridgehead atoms. The minimum Gasteiger partial charge on any atom is -0.309 e. The van der Waals surface area contributed by atoms with Crippen molar-refractivity contribution in [3.8, 4) is 0 Å². The second kappa shape index (κ2) is 6.70. The van der Waals surface area contributed by atoms with E-state index in [0.29, 0.717) is 6.04 Å². The summed E-state index contributed by atoms with van der Waals surface area (Å²) in [7, 11) is 0. The number of rotatable bonds is 6. The summed E-state index contributed by atoms with van der Waals surface area (Å²) in [6, 6.07) is 0.395. The van der Waals surface area contributed by atoms with E-state index in [2.05, 4.69) is 22.2 Å². The molecule has 94 valence electrons. The van der Waals surface area contributed by atoms with Crippen molar-refractivity contribution in [2.75, 3.05) is 6.54 Å². The van der Waals surface area contributed by atoms with Gasteiger partial charge in [0.05, 0.1) is 11.7 Å². The van der Waals surface area contributed by atoms with E-state index in [4.69, 9.17) is 0 Å². The van der Waals surface area contributed by atoms with Gasteiger partial charge in [-0.1, -0.05) is 32.6 Å². The van der Waals surface area contributed by atoms with Crippen molar-refractivity contribution in [2.24, 2.45) is 5.92 Å². The fourth-order valence-corrected chi connectivity index (χ4v) is 2.70. The second-order valence-corrected chi connectivity index (χ2v) is 5.02. The molecule has 17 heavy (non-hydrogen) atoms. The summed E-state index contributed by atoms with van der Waals surface area (Å²) in [4.78, 5) is 8.63. The monoisotopic (exact) mass is 233 g/mol. The Balaban J connectivity index is 1.97. The highest BCUT2D eigenvalue weighted by molar-refractivity contribution is 5.02. The van der Waals surface area contributed by atoms with Crippen LogP contribution in [0.4, 0.5) is 0 Å². The Hall–Kier alpha value is -0.960. The summed E-state index contributed by atoms with van der Waals surface area (Å²) >= 11 is 0. The molecule has 0 amide bonds. The molecule has 1 aliphatic carbocycles. The molecular weight excluding hydrogens is 210 g/mol. The van der Waals surface area contributed by atoms with Crippen LogP contribution in [-0.4, -0.2) is 16.5 Å². The van der Waals surface area contributed by atoms with Gasteiger partial charge in [-0.05, 0) is 25.3 Å². The van der Waals surface area contributed by atoms with Gasteiger partial charge in [0.2, 0.25) is 0 Å². The maximum Gasteiger partial charge on any atom is 0.0756 e. The molecule has 1 fully saturated rings. The van der Waals surface area contributed by atoms with Crippen molar-refractivity contribution in [3.63, 3.8) is 0 Å². The number of hydrogen-bond acceptors (Lipinski definition) is 3. The minimum atomic E-state index is 0.395. The van der Waals surface area contributed by atoms with E-state index >= 15 is 0 Å². The first-order chi connectivity index (χ1) is 8.40. The Kier molecular flexibility index (Phi) is 4.92. The lowest BCUT2D eigenvalue weighted by Gasteiger charge is -2.21. The van der Waals surface area contributed by atoms with Crippen LogP contribution in [0.1, 0.15) is 57.2 Å². The summed E-state index contributed by atoms with van der Waals surface area (Å²) in [5.41, 5.74) is 1.10. The van der Waals surface area contributed by atoms with E-state index in [-0.39, 0.29) is 0 Å². The van der Waals surface area contributed by atoms with Gasteiger partial charge in [-0.3, -0.25) is 9.97 Å². The lowest BCUT2D eigenvalue weighted by Crippen LogP contribution is -2.25. The molecule has 3 heteroatoms. The van der Waals surface area contributed by atoms with E-state index < -0.39 is 0 Å². The summed E-state index contributed by atoms with van der Waals surface area (Å²) in [5, 5.41) is 3.61. The Bertz CT molecular complexity index is 307. The van der Waals surface area contributed by atoms with Crippen LogP contribution in [0, 0.1) is 5.92 Å². The van der Waals surface area contributed by atoms with Gasteiger partial charge in [0.25, 0.3) is 0 Å². The zero-order chi connectivity index (χ0) is 11.9. The van der Waals surface area contributed by atoms with Crippen molar-refractivity contribution < 1.29 is 0 Å². The summed E-state index contributed by atoms with van der Waals surface area (Å²) < 4.78 is 0. The van der Waals surface area contributed by atoms with Crippen LogP contribution in [0.2, 0.25) is 0 Å². The molecule has 1 heterocycles. The zero-order valence-electron chi connectivity index (χ0n) is 10.7. The zero-order valence-corrected chi connectivity index (χ0v) is 10.7. The van der Waals surface area contributed by atoms with Gasteiger partial charge < -0.3 is 5.32 Å². The molecule has 1 aromatic rings. The van der Waals surface area contributed by atoms with E-state index in [9.17, 15) is 0 Å². The number of nitrogens with one attached hydrogen (secondary N) is 1. The van der Waals surface area contributed by atoms with Gasteiger partial charge in [-0.2, -0.15) is 0 Å². The topological polar surface area (TPSA) is 37.8 Å². The number of nitrogens with zero attached hydrogens (tertiary/aromatic N) is 2. The molecule has 2 rings (SSSR count). The number of aromatic nitrogens is 2. The normalized spacial score (nSPS) is 18.4. The van der Waals surface area contributed by atoms with Crippen LogP contribution in [0.3, 0.4) is 0 Å². The molecule has 1 aliphatic rings. The van der Waals surface area contributed by atoms with Gasteiger partial charge in [-0.25, -0.2) is 0 Å². The fraction of sp³-hybridized carbons (Fsp3) is 0.714. The molecule has 1 saturated carbocycles. The summed E-state index contributed by atoms with van der Waals surface area (Å²) in [5.74, 6) is 0.881. The largest absolute Gasteiger partial charge is 0.309 e. The molecular formula is C14H23N3. The van der Waals surface area contributed by atoms with Crippen molar-refractivity contribution in [2.45, 2.75) is 51.5 Å². The highest BCUT2D eigenvalue weighted by Gasteiger charge is 2.21. The van der Waals surface area contributed by atoms with Crippen LogP contribution in [0.25, 0.3) is 0 Å². The predicted molar refractivity (Wildman–Crippen MR) is 69.6 cm³/mol. The van der Waals surface area contributed by atoms with Crippen LogP contribution in [-0.2, 0) is 0 Å².